The summed E-state index contributed by atoms with van der Waals surface area (Å²) in [5, 5.41) is 0. The van der Waals surface area contributed by atoms with Crippen molar-refractivity contribution in [1.82, 2.24) is 9.80 Å². The highest BCUT2D eigenvalue weighted by atomic mass is 16.5. The Hall–Kier alpha value is -2.04. The van der Waals surface area contributed by atoms with E-state index in [4.69, 9.17) is 4.74 Å². The minimum absolute atomic E-state index is 0.0414. The van der Waals surface area contributed by atoms with Crippen LogP contribution in [0.2, 0.25) is 0 Å². The van der Waals surface area contributed by atoms with Crippen LogP contribution in [0.25, 0.3) is 0 Å². The normalized spacial score (nSPS) is 19.0. The fourth-order valence-corrected chi connectivity index (χ4v) is 3.44. The van der Waals surface area contributed by atoms with E-state index in [1.165, 1.54) is 0 Å². The molecule has 23 heavy (non-hydrogen) atoms. The summed E-state index contributed by atoms with van der Waals surface area (Å²) in [4.78, 5) is 28.8. The molecule has 0 aliphatic carbocycles. The molecule has 2 amide bonds. The predicted octanol–water partition coefficient (Wildman–Crippen LogP) is 2.17. The van der Waals surface area contributed by atoms with Crippen molar-refractivity contribution in [2.75, 3.05) is 33.3 Å². The number of likely N-dealkylation sites (tertiary alicyclic amines) is 2. The molecule has 124 valence electrons. The van der Waals surface area contributed by atoms with Crippen molar-refractivity contribution in [1.29, 1.82) is 0 Å². The Morgan fingerprint density at radius 1 is 0.957 bits per heavy atom. The van der Waals surface area contributed by atoms with Crippen LogP contribution in [0.5, 0.6) is 5.75 Å². The lowest BCUT2D eigenvalue weighted by Crippen LogP contribution is -2.43. The van der Waals surface area contributed by atoms with Crippen LogP contribution in [0.3, 0.4) is 0 Å². The summed E-state index contributed by atoms with van der Waals surface area (Å²) in [6, 6.07) is 7.19. The van der Waals surface area contributed by atoms with Crippen molar-refractivity contribution in [2.24, 2.45) is 5.92 Å². The topological polar surface area (TPSA) is 49.9 Å². The van der Waals surface area contributed by atoms with Gasteiger partial charge in [-0.25, -0.2) is 0 Å². The zero-order valence-corrected chi connectivity index (χ0v) is 13.7. The largest absolute Gasteiger partial charge is 0.497 e. The van der Waals surface area contributed by atoms with Crippen LogP contribution in [0.15, 0.2) is 24.3 Å². The van der Waals surface area contributed by atoms with Crippen LogP contribution in [0, 0.1) is 5.92 Å². The number of nitrogens with zero attached hydrogens (tertiary/aromatic N) is 2. The monoisotopic (exact) mass is 316 g/mol. The van der Waals surface area contributed by atoms with Gasteiger partial charge >= 0.3 is 0 Å². The number of methoxy groups -OCH3 is 1. The molecule has 2 heterocycles. The number of carbonyl (C=O) groups is 2. The summed E-state index contributed by atoms with van der Waals surface area (Å²) in [7, 11) is 1.61. The van der Waals surface area contributed by atoms with Gasteiger partial charge in [0.05, 0.1) is 7.11 Å². The standard InChI is InChI=1S/C18H24N2O3/c1-23-16-6-4-14(5-7-16)17(21)20-12-8-15(9-13-20)18(22)19-10-2-3-11-19/h4-7,15H,2-3,8-13H2,1H3. The molecule has 2 saturated heterocycles. The molecule has 0 spiro atoms. The van der Waals surface area contributed by atoms with Crippen molar-refractivity contribution in [3.63, 3.8) is 0 Å². The van der Waals surface area contributed by atoms with E-state index >= 15 is 0 Å². The quantitative estimate of drug-likeness (QED) is 0.859. The van der Waals surface area contributed by atoms with Gasteiger partial charge in [-0.2, -0.15) is 0 Å². The molecule has 0 bridgehead atoms. The molecule has 0 N–H and O–H groups in total. The Balaban J connectivity index is 1.55. The molecule has 0 saturated carbocycles. The van der Waals surface area contributed by atoms with Gasteiger partial charge in [0.1, 0.15) is 5.75 Å². The van der Waals surface area contributed by atoms with E-state index in [-0.39, 0.29) is 11.8 Å². The minimum atomic E-state index is 0.0414. The first-order valence-electron chi connectivity index (χ1n) is 8.41. The third-order valence-corrected chi connectivity index (χ3v) is 4.89. The molecule has 1 aromatic rings. The molecule has 0 unspecified atom stereocenters. The summed E-state index contributed by atoms with van der Waals surface area (Å²) >= 11 is 0. The molecule has 3 rings (SSSR count). The maximum atomic E-state index is 12.5. The van der Waals surface area contributed by atoms with E-state index in [0.29, 0.717) is 24.6 Å². The van der Waals surface area contributed by atoms with Gasteiger partial charge in [0.25, 0.3) is 5.91 Å². The number of hydrogen-bond acceptors (Lipinski definition) is 3. The maximum Gasteiger partial charge on any atom is 0.253 e. The number of rotatable bonds is 3. The second kappa shape index (κ2) is 7.02. The Morgan fingerprint density at radius 3 is 2.13 bits per heavy atom. The van der Waals surface area contributed by atoms with Crippen molar-refractivity contribution < 1.29 is 14.3 Å². The molecule has 2 aliphatic rings. The van der Waals surface area contributed by atoms with E-state index < -0.39 is 0 Å². The van der Waals surface area contributed by atoms with E-state index in [1.54, 1.807) is 31.4 Å². The third kappa shape index (κ3) is 3.49. The molecule has 2 fully saturated rings. The summed E-state index contributed by atoms with van der Waals surface area (Å²) in [6.07, 6.45) is 3.80. The zero-order valence-electron chi connectivity index (χ0n) is 13.7. The van der Waals surface area contributed by atoms with Gasteiger partial charge in [0.2, 0.25) is 5.91 Å². The van der Waals surface area contributed by atoms with Crippen LogP contribution in [0.4, 0.5) is 0 Å². The summed E-state index contributed by atoms with van der Waals surface area (Å²) in [6.45, 7) is 3.14. The number of piperidine rings is 1. The third-order valence-electron chi connectivity index (χ3n) is 4.89. The van der Waals surface area contributed by atoms with E-state index in [0.717, 1.165) is 44.5 Å². The van der Waals surface area contributed by atoms with Gasteiger partial charge in [-0.1, -0.05) is 0 Å². The molecule has 5 nitrogen and oxygen atoms in total. The lowest BCUT2D eigenvalue weighted by atomic mass is 9.95. The van der Waals surface area contributed by atoms with E-state index in [1.807, 2.05) is 9.80 Å². The van der Waals surface area contributed by atoms with Gasteiger partial charge in [0.15, 0.2) is 0 Å². The molecular weight excluding hydrogens is 292 g/mol. The first-order chi connectivity index (χ1) is 11.2. The molecule has 1 aromatic carbocycles. The Kier molecular flexibility index (Phi) is 4.84. The second-order valence-electron chi connectivity index (χ2n) is 6.33. The number of amides is 2. The highest BCUT2D eigenvalue weighted by molar-refractivity contribution is 5.94. The molecule has 0 radical (unpaired) electrons. The lowest BCUT2D eigenvalue weighted by molar-refractivity contribution is -0.135. The van der Waals surface area contributed by atoms with Crippen LogP contribution in [-0.4, -0.2) is 54.9 Å². The summed E-state index contributed by atoms with van der Waals surface area (Å²) in [5.74, 6) is 1.17. The van der Waals surface area contributed by atoms with Gasteiger partial charge in [-0.15, -0.1) is 0 Å². The second-order valence-corrected chi connectivity index (χ2v) is 6.33. The fourth-order valence-electron chi connectivity index (χ4n) is 3.44. The van der Waals surface area contributed by atoms with Gasteiger partial charge in [-0.05, 0) is 49.9 Å². The van der Waals surface area contributed by atoms with Crippen LogP contribution in [0.1, 0.15) is 36.0 Å². The highest BCUT2D eigenvalue weighted by Gasteiger charge is 2.31. The zero-order chi connectivity index (χ0) is 16.2. The minimum Gasteiger partial charge on any atom is -0.497 e. The van der Waals surface area contributed by atoms with Crippen molar-refractivity contribution in [3.05, 3.63) is 29.8 Å². The number of carbonyl (C=O) groups excluding carboxylic acids is 2. The molecule has 5 heteroatoms. The van der Waals surface area contributed by atoms with Crippen LogP contribution < -0.4 is 4.74 Å². The van der Waals surface area contributed by atoms with Crippen molar-refractivity contribution in [2.45, 2.75) is 25.7 Å². The van der Waals surface area contributed by atoms with E-state index in [2.05, 4.69) is 0 Å². The van der Waals surface area contributed by atoms with Gasteiger partial charge in [0, 0.05) is 37.7 Å². The molecule has 2 aliphatic heterocycles. The smallest absolute Gasteiger partial charge is 0.253 e. The summed E-state index contributed by atoms with van der Waals surface area (Å²) < 4.78 is 5.12. The Morgan fingerprint density at radius 2 is 1.57 bits per heavy atom. The summed E-state index contributed by atoms with van der Waals surface area (Å²) in [5.41, 5.74) is 0.676. The van der Waals surface area contributed by atoms with Crippen molar-refractivity contribution >= 4 is 11.8 Å². The first-order valence-corrected chi connectivity index (χ1v) is 8.41. The van der Waals surface area contributed by atoms with E-state index in [9.17, 15) is 9.59 Å². The average Bonchev–Trinajstić information content (AvgIpc) is 3.15. The molecular formula is C18H24N2O3. The first kappa shape index (κ1) is 15.8. The number of hydrogen-bond donors (Lipinski definition) is 0. The fraction of sp³-hybridized carbons (Fsp3) is 0.556. The molecule has 0 aromatic heterocycles. The Labute approximate surface area is 137 Å². The number of ether oxygens (including phenoxy) is 1. The van der Waals surface area contributed by atoms with Gasteiger partial charge < -0.3 is 14.5 Å². The molecule has 0 atom stereocenters. The highest BCUT2D eigenvalue weighted by Crippen LogP contribution is 2.23. The van der Waals surface area contributed by atoms with Crippen molar-refractivity contribution in [3.8, 4) is 5.75 Å². The predicted molar refractivity (Wildman–Crippen MR) is 87.4 cm³/mol. The van der Waals surface area contributed by atoms with Crippen LogP contribution in [-0.2, 0) is 4.79 Å². The number of benzene rings is 1. The Bertz CT molecular complexity index is 556. The average molecular weight is 316 g/mol. The lowest BCUT2D eigenvalue weighted by Gasteiger charge is -2.33. The SMILES string of the molecule is COc1ccc(C(=O)N2CCC(C(=O)N3CCCC3)CC2)cc1. The maximum absolute atomic E-state index is 12.5. The van der Waals surface area contributed by atoms with Crippen LogP contribution >= 0.6 is 0 Å². The van der Waals surface area contributed by atoms with Gasteiger partial charge in [-0.3, -0.25) is 9.59 Å².